The number of carbonyl (C=O) groups is 2. The van der Waals surface area contributed by atoms with Crippen molar-refractivity contribution in [3.8, 4) is 22.4 Å². The number of benzene rings is 2. The molecule has 0 aliphatic heterocycles. The van der Waals surface area contributed by atoms with Gasteiger partial charge in [-0.3, -0.25) is 9.59 Å². The summed E-state index contributed by atoms with van der Waals surface area (Å²) in [5.74, 6) is 0.107. The number of hydrogen-bond acceptors (Lipinski definition) is 5. The summed E-state index contributed by atoms with van der Waals surface area (Å²) in [7, 11) is 1.33. The molecule has 28 heavy (non-hydrogen) atoms. The second-order valence-electron chi connectivity index (χ2n) is 6.56. The maximum Gasteiger partial charge on any atom is 0.307 e. The molecule has 0 saturated heterocycles. The number of nitrogens with one attached hydrogen (secondary N) is 1. The third kappa shape index (κ3) is 4.28. The molecule has 3 rings (SSSR count). The number of nitrogens with zero attached hydrogens (tertiary/aromatic N) is 1. The van der Waals surface area contributed by atoms with Crippen LogP contribution in [0.1, 0.15) is 29.5 Å². The van der Waals surface area contributed by atoms with Crippen LogP contribution in [0.25, 0.3) is 22.4 Å². The molecule has 144 valence electrons. The van der Waals surface area contributed by atoms with Crippen LogP contribution in [0.15, 0.2) is 59.1 Å². The van der Waals surface area contributed by atoms with Crippen molar-refractivity contribution in [1.29, 1.82) is 0 Å². The van der Waals surface area contributed by atoms with E-state index in [1.54, 1.807) is 19.1 Å². The van der Waals surface area contributed by atoms with Gasteiger partial charge in [0.25, 0.3) is 5.91 Å². The lowest BCUT2D eigenvalue weighted by Gasteiger charge is -2.13. The van der Waals surface area contributed by atoms with Gasteiger partial charge in [0, 0.05) is 17.2 Å². The van der Waals surface area contributed by atoms with Gasteiger partial charge in [-0.25, -0.2) is 0 Å². The van der Waals surface area contributed by atoms with E-state index in [-0.39, 0.29) is 24.3 Å². The third-order valence-corrected chi connectivity index (χ3v) is 4.42. The first-order valence-electron chi connectivity index (χ1n) is 8.99. The highest BCUT2D eigenvalue weighted by atomic mass is 16.5. The van der Waals surface area contributed by atoms with Crippen LogP contribution >= 0.6 is 0 Å². The molecule has 0 unspecified atom stereocenters. The Morgan fingerprint density at radius 1 is 1.07 bits per heavy atom. The van der Waals surface area contributed by atoms with Crippen molar-refractivity contribution >= 4 is 11.9 Å². The van der Waals surface area contributed by atoms with Gasteiger partial charge in [0.05, 0.1) is 19.1 Å². The van der Waals surface area contributed by atoms with Crippen LogP contribution in [-0.2, 0) is 9.53 Å². The lowest BCUT2D eigenvalue weighted by Crippen LogP contribution is -2.34. The lowest BCUT2D eigenvalue weighted by molar-refractivity contribution is -0.141. The number of carbonyl (C=O) groups excluding carboxylic acids is 2. The van der Waals surface area contributed by atoms with Gasteiger partial charge in [0.15, 0.2) is 0 Å². The topological polar surface area (TPSA) is 81.4 Å². The van der Waals surface area contributed by atoms with Crippen molar-refractivity contribution in [2.24, 2.45) is 0 Å². The average Bonchev–Trinajstić information content (AvgIpc) is 3.10. The fourth-order valence-corrected chi connectivity index (χ4v) is 2.98. The zero-order valence-corrected chi connectivity index (χ0v) is 16.1. The predicted octanol–water partition coefficient (Wildman–Crippen LogP) is 4.00. The quantitative estimate of drug-likeness (QED) is 0.656. The van der Waals surface area contributed by atoms with E-state index >= 15 is 0 Å². The summed E-state index contributed by atoms with van der Waals surface area (Å²) in [5, 5.41) is 6.99. The van der Waals surface area contributed by atoms with Crippen molar-refractivity contribution in [2.75, 3.05) is 7.11 Å². The Morgan fingerprint density at radius 2 is 1.75 bits per heavy atom. The maximum atomic E-state index is 12.4. The van der Waals surface area contributed by atoms with E-state index in [0.29, 0.717) is 11.3 Å². The number of amides is 1. The minimum Gasteiger partial charge on any atom is -0.469 e. The number of esters is 1. The molecule has 1 amide bonds. The first kappa shape index (κ1) is 19.4. The molecule has 0 radical (unpaired) electrons. The average molecular weight is 378 g/mol. The molecular formula is C22H22N2O4. The van der Waals surface area contributed by atoms with Crippen molar-refractivity contribution in [1.82, 2.24) is 10.5 Å². The van der Waals surface area contributed by atoms with Crippen molar-refractivity contribution in [2.45, 2.75) is 26.3 Å². The number of ether oxygens (including phenoxy) is 1. The van der Waals surface area contributed by atoms with Crippen molar-refractivity contribution in [3.63, 3.8) is 0 Å². The maximum absolute atomic E-state index is 12.4. The molecule has 1 atom stereocenters. The molecule has 0 aliphatic rings. The van der Waals surface area contributed by atoms with Crippen molar-refractivity contribution in [3.05, 3.63) is 65.9 Å². The normalized spacial score (nSPS) is 11.7. The van der Waals surface area contributed by atoms with Gasteiger partial charge >= 0.3 is 5.97 Å². The molecule has 0 spiro atoms. The number of methoxy groups -OCH3 is 1. The summed E-state index contributed by atoms with van der Waals surface area (Å²) in [5.41, 5.74) is 4.06. The summed E-state index contributed by atoms with van der Waals surface area (Å²) in [6, 6.07) is 16.7. The molecule has 1 N–H and O–H groups in total. The van der Waals surface area contributed by atoms with Crippen molar-refractivity contribution < 1.29 is 18.8 Å². The minimum absolute atomic E-state index is 0.126. The molecular weight excluding hydrogens is 356 g/mol. The SMILES string of the molecule is COC(=O)C[C@H](C)NC(=O)c1ccc(-c2c(-c3ccccc3)noc2C)cc1. The third-order valence-electron chi connectivity index (χ3n) is 4.42. The van der Waals surface area contributed by atoms with Crippen LogP contribution in [0, 0.1) is 6.92 Å². The number of aromatic nitrogens is 1. The highest BCUT2D eigenvalue weighted by Gasteiger charge is 2.18. The van der Waals surface area contributed by atoms with Crippen LogP contribution in [0.4, 0.5) is 0 Å². The molecule has 3 aromatic rings. The zero-order chi connectivity index (χ0) is 20.1. The van der Waals surface area contributed by atoms with E-state index in [1.807, 2.05) is 49.4 Å². The molecule has 0 aliphatic carbocycles. The molecule has 0 saturated carbocycles. The van der Waals surface area contributed by atoms with Gasteiger partial charge in [-0.15, -0.1) is 0 Å². The van der Waals surface area contributed by atoms with Crippen LogP contribution in [0.5, 0.6) is 0 Å². The second kappa shape index (κ2) is 8.52. The van der Waals surface area contributed by atoms with Crippen LogP contribution in [0.2, 0.25) is 0 Å². The number of rotatable bonds is 6. The van der Waals surface area contributed by atoms with Crippen LogP contribution in [-0.4, -0.2) is 30.2 Å². The lowest BCUT2D eigenvalue weighted by atomic mass is 9.98. The summed E-state index contributed by atoms with van der Waals surface area (Å²) in [6.07, 6.45) is 0.126. The molecule has 6 nitrogen and oxygen atoms in total. The standard InChI is InChI=1S/C22H22N2O4/c1-14(13-19(25)27-3)23-22(26)18-11-9-16(10-12-18)20-15(2)28-24-21(20)17-7-5-4-6-8-17/h4-12,14H,13H2,1-3H3,(H,23,26)/t14-/m0/s1. The molecule has 2 aromatic carbocycles. The Balaban J connectivity index is 1.80. The molecule has 1 aromatic heterocycles. The van der Waals surface area contributed by atoms with Gasteiger partial charge in [-0.2, -0.15) is 0 Å². The van der Waals surface area contributed by atoms with E-state index in [4.69, 9.17) is 4.52 Å². The fraction of sp³-hybridized carbons (Fsp3) is 0.227. The van der Waals surface area contributed by atoms with E-state index in [2.05, 4.69) is 15.2 Å². The number of hydrogen-bond donors (Lipinski definition) is 1. The monoisotopic (exact) mass is 378 g/mol. The van der Waals surface area contributed by atoms with Crippen LogP contribution < -0.4 is 5.32 Å². The smallest absolute Gasteiger partial charge is 0.307 e. The summed E-state index contributed by atoms with van der Waals surface area (Å²) < 4.78 is 10.0. The predicted molar refractivity (Wildman–Crippen MR) is 106 cm³/mol. The first-order valence-corrected chi connectivity index (χ1v) is 8.99. The molecule has 0 bridgehead atoms. The van der Waals surface area contributed by atoms with E-state index in [1.165, 1.54) is 7.11 Å². The van der Waals surface area contributed by atoms with E-state index in [0.717, 1.165) is 22.4 Å². The van der Waals surface area contributed by atoms with Gasteiger partial charge in [0.2, 0.25) is 0 Å². The Bertz CT molecular complexity index is 962. The second-order valence-corrected chi connectivity index (χ2v) is 6.56. The van der Waals surface area contributed by atoms with E-state index in [9.17, 15) is 9.59 Å². The van der Waals surface area contributed by atoms with Gasteiger partial charge in [-0.1, -0.05) is 47.6 Å². The fourth-order valence-electron chi connectivity index (χ4n) is 2.98. The zero-order valence-electron chi connectivity index (χ0n) is 16.1. The summed E-state index contributed by atoms with van der Waals surface area (Å²) in [4.78, 5) is 23.7. The molecule has 6 heteroatoms. The minimum atomic E-state index is -0.362. The Labute approximate surface area is 163 Å². The van der Waals surface area contributed by atoms with Crippen LogP contribution in [0.3, 0.4) is 0 Å². The van der Waals surface area contributed by atoms with Gasteiger partial charge < -0.3 is 14.6 Å². The Morgan fingerprint density at radius 3 is 2.39 bits per heavy atom. The Kier molecular flexibility index (Phi) is 5.89. The van der Waals surface area contributed by atoms with E-state index < -0.39 is 0 Å². The highest BCUT2D eigenvalue weighted by Crippen LogP contribution is 2.34. The molecule has 0 fully saturated rings. The summed E-state index contributed by atoms with van der Waals surface area (Å²) in [6.45, 7) is 3.62. The number of aryl methyl sites for hydroxylation is 1. The Hall–Kier alpha value is -3.41. The first-order chi connectivity index (χ1) is 13.5. The van der Waals surface area contributed by atoms with Gasteiger partial charge in [0.1, 0.15) is 11.5 Å². The summed E-state index contributed by atoms with van der Waals surface area (Å²) >= 11 is 0. The largest absolute Gasteiger partial charge is 0.469 e. The molecule has 1 heterocycles. The van der Waals surface area contributed by atoms with Gasteiger partial charge in [-0.05, 0) is 31.5 Å². The highest BCUT2D eigenvalue weighted by molar-refractivity contribution is 5.95.